The smallest absolute Gasteiger partial charge is 0.264 e. The van der Waals surface area contributed by atoms with Gasteiger partial charge >= 0.3 is 0 Å². The van der Waals surface area contributed by atoms with Crippen LogP contribution in [0.1, 0.15) is 18.2 Å². The monoisotopic (exact) mass is 306 g/mol. The maximum absolute atomic E-state index is 12.1. The predicted molar refractivity (Wildman–Crippen MR) is 75.1 cm³/mol. The van der Waals surface area contributed by atoms with Crippen LogP contribution in [0.15, 0.2) is 9.95 Å². The van der Waals surface area contributed by atoms with E-state index in [1.165, 1.54) is 16.3 Å². The molecule has 0 unspecified atom stereocenters. The maximum atomic E-state index is 12.1. The summed E-state index contributed by atoms with van der Waals surface area (Å²) in [4.78, 5) is 16.5. The molecule has 8 heteroatoms. The Hall–Kier alpha value is -0.860. The van der Waals surface area contributed by atoms with Crippen molar-refractivity contribution < 1.29 is 12.6 Å². The van der Waals surface area contributed by atoms with E-state index in [4.69, 9.17) is 0 Å². The molecule has 0 aromatic carbocycles. The first-order valence-electron chi connectivity index (χ1n) is 5.80. The lowest BCUT2D eigenvalue weighted by Gasteiger charge is -2.11. The van der Waals surface area contributed by atoms with Gasteiger partial charge in [0, 0.05) is 24.7 Å². The first-order valence-corrected chi connectivity index (χ1v) is 8.60. The number of aryl methyl sites for hydroxylation is 1. The highest BCUT2D eigenvalue weighted by Crippen LogP contribution is 2.14. The first-order chi connectivity index (χ1) is 8.76. The second-order valence-electron chi connectivity index (χ2n) is 4.03. The second kappa shape index (κ2) is 6.53. The van der Waals surface area contributed by atoms with E-state index < -0.39 is 10.1 Å². The van der Waals surface area contributed by atoms with Crippen LogP contribution in [0.4, 0.5) is 0 Å². The Morgan fingerprint density at radius 1 is 1.42 bits per heavy atom. The number of rotatable bonds is 6. The number of hydrogen-bond donors (Lipinski definition) is 0. The van der Waals surface area contributed by atoms with E-state index in [0.29, 0.717) is 16.4 Å². The fraction of sp³-hybridized carbons (Fsp3) is 0.636. The van der Waals surface area contributed by atoms with Gasteiger partial charge in [0.15, 0.2) is 5.16 Å². The van der Waals surface area contributed by atoms with E-state index in [1.54, 1.807) is 14.0 Å². The van der Waals surface area contributed by atoms with Crippen LogP contribution in [0, 0.1) is 6.92 Å². The van der Waals surface area contributed by atoms with E-state index in [1.807, 2.05) is 6.92 Å². The first kappa shape index (κ1) is 16.2. The van der Waals surface area contributed by atoms with Crippen molar-refractivity contribution in [2.24, 2.45) is 7.05 Å². The predicted octanol–water partition coefficient (Wildman–Crippen LogP) is 0.719. The van der Waals surface area contributed by atoms with Crippen molar-refractivity contribution in [2.45, 2.75) is 25.4 Å². The summed E-state index contributed by atoms with van der Waals surface area (Å²) in [7, 11) is -1.82. The molecule has 0 aliphatic heterocycles. The molecule has 1 heterocycles. The van der Waals surface area contributed by atoms with Gasteiger partial charge in [-0.05, 0) is 12.7 Å². The van der Waals surface area contributed by atoms with E-state index in [0.717, 1.165) is 12.0 Å². The summed E-state index contributed by atoms with van der Waals surface area (Å²) in [6.07, 6.45) is 1.22. The Bertz CT molecular complexity index is 608. The summed E-state index contributed by atoms with van der Waals surface area (Å²) >= 11 is 1.49. The molecule has 0 atom stereocenters. The van der Waals surface area contributed by atoms with Crippen LogP contribution in [0.2, 0.25) is 0 Å². The minimum atomic E-state index is -3.48. The van der Waals surface area contributed by atoms with E-state index in [9.17, 15) is 13.2 Å². The van der Waals surface area contributed by atoms with Crippen molar-refractivity contribution in [3.05, 3.63) is 21.6 Å². The van der Waals surface area contributed by atoms with Crippen molar-refractivity contribution in [1.82, 2.24) is 9.55 Å². The highest BCUT2D eigenvalue weighted by atomic mass is 32.2. The molecule has 0 N–H and O–H groups in total. The average Bonchev–Trinajstić information content (AvgIpc) is 2.29. The maximum Gasteiger partial charge on any atom is 0.264 e. The number of hydrogen-bond acceptors (Lipinski definition) is 6. The van der Waals surface area contributed by atoms with Crippen LogP contribution in [0.5, 0.6) is 0 Å². The van der Waals surface area contributed by atoms with Gasteiger partial charge in [0.25, 0.3) is 15.7 Å². The lowest BCUT2D eigenvalue weighted by molar-refractivity contribution is 0.324. The third-order valence-electron chi connectivity index (χ3n) is 2.47. The molecule has 0 saturated heterocycles. The molecule has 19 heavy (non-hydrogen) atoms. The summed E-state index contributed by atoms with van der Waals surface area (Å²) < 4.78 is 27.9. The lowest BCUT2D eigenvalue weighted by atomic mass is 10.2. The molecule has 108 valence electrons. The van der Waals surface area contributed by atoms with Crippen LogP contribution in [-0.2, 0) is 27.8 Å². The Labute approximate surface area is 117 Å². The molecule has 0 radical (unpaired) electrons. The average molecular weight is 306 g/mol. The molecule has 0 bridgehead atoms. The fourth-order valence-corrected chi connectivity index (χ4v) is 2.69. The molecule has 0 aliphatic carbocycles. The standard InChI is InChI=1S/C11H18N2O4S2/c1-5-18-11-12-8(2)9(10(14)13(11)3)6-7-17-19(4,15)16/h5-7H2,1-4H3. The molecule has 1 aromatic rings. The minimum Gasteiger partial charge on any atom is -0.291 e. The summed E-state index contributed by atoms with van der Waals surface area (Å²) in [6, 6.07) is 0. The summed E-state index contributed by atoms with van der Waals surface area (Å²) in [5.41, 5.74) is 0.961. The molecule has 6 nitrogen and oxygen atoms in total. The highest BCUT2D eigenvalue weighted by Gasteiger charge is 2.12. The minimum absolute atomic E-state index is 0.0448. The van der Waals surface area contributed by atoms with Crippen molar-refractivity contribution >= 4 is 21.9 Å². The van der Waals surface area contributed by atoms with Crippen molar-refractivity contribution in [3.8, 4) is 0 Å². The normalized spacial score (nSPS) is 11.8. The van der Waals surface area contributed by atoms with Gasteiger partial charge in [0.1, 0.15) is 0 Å². The SMILES string of the molecule is CCSc1nc(C)c(CCOS(C)(=O)=O)c(=O)n1C. The molecule has 0 fully saturated rings. The van der Waals surface area contributed by atoms with Gasteiger partial charge in [-0.3, -0.25) is 13.5 Å². The Balaban J connectivity index is 2.97. The van der Waals surface area contributed by atoms with Crippen LogP contribution >= 0.6 is 11.8 Å². The molecule has 0 spiro atoms. The second-order valence-corrected chi connectivity index (χ2v) is 6.91. The van der Waals surface area contributed by atoms with Crippen LogP contribution < -0.4 is 5.56 Å². The van der Waals surface area contributed by atoms with Crippen LogP contribution in [-0.4, -0.2) is 36.6 Å². The van der Waals surface area contributed by atoms with Gasteiger partial charge in [-0.15, -0.1) is 0 Å². The Morgan fingerprint density at radius 3 is 2.58 bits per heavy atom. The summed E-state index contributed by atoms with van der Waals surface area (Å²) in [5, 5.41) is 0.665. The Kier molecular flexibility index (Phi) is 5.57. The number of nitrogens with zero attached hydrogens (tertiary/aromatic N) is 2. The number of aromatic nitrogens is 2. The van der Waals surface area contributed by atoms with Gasteiger partial charge < -0.3 is 0 Å². The zero-order valence-corrected chi connectivity index (χ0v) is 13.1. The molecule has 1 rings (SSSR count). The Morgan fingerprint density at radius 2 is 2.05 bits per heavy atom. The van der Waals surface area contributed by atoms with Gasteiger partial charge in [-0.1, -0.05) is 18.7 Å². The number of thioether (sulfide) groups is 1. The summed E-state index contributed by atoms with van der Waals surface area (Å²) in [5.74, 6) is 0.830. The van der Waals surface area contributed by atoms with E-state index in [-0.39, 0.29) is 18.6 Å². The van der Waals surface area contributed by atoms with E-state index in [2.05, 4.69) is 9.17 Å². The van der Waals surface area contributed by atoms with E-state index >= 15 is 0 Å². The van der Waals surface area contributed by atoms with Gasteiger partial charge in [-0.25, -0.2) is 4.98 Å². The molecular formula is C11H18N2O4S2. The topological polar surface area (TPSA) is 78.3 Å². The van der Waals surface area contributed by atoms with Gasteiger partial charge in [0.2, 0.25) is 0 Å². The third-order valence-corrected chi connectivity index (χ3v) is 3.98. The lowest BCUT2D eigenvalue weighted by Crippen LogP contribution is -2.26. The quantitative estimate of drug-likeness (QED) is 0.438. The molecule has 0 aliphatic rings. The molecular weight excluding hydrogens is 288 g/mol. The van der Waals surface area contributed by atoms with Crippen LogP contribution in [0.3, 0.4) is 0 Å². The van der Waals surface area contributed by atoms with Crippen LogP contribution in [0.25, 0.3) is 0 Å². The molecule has 0 saturated carbocycles. The highest BCUT2D eigenvalue weighted by molar-refractivity contribution is 7.99. The van der Waals surface area contributed by atoms with Gasteiger partial charge in [0.05, 0.1) is 12.9 Å². The molecule has 1 aromatic heterocycles. The largest absolute Gasteiger partial charge is 0.291 e. The van der Waals surface area contributed by atoms with Crippen molar-refractivity contribution in [3.63, 3.8) is 0 Å². The zero-order valence-electron chi connectivity index (χ0n) is 11.5. The van der Waals surface area contributed by atoms with Crippen molar-refractivity contribution in [1.29, 1.82) is 0 Å². The van der Waals surface area contributed by atoms with Crippen molar-refractivity contribution in [2.75, 3.05) is 18.6 Å². The fourth-order valence-electron chi connectivity index (χ4n) is 1.57. The zero-order chi connectivity index (χ0) is 14.6. The summed E-state index contributed by atoms with van der Waals surface area (Å²) in [6.45, 7) is 3.69. The molecule has 0 amide bonds. The third kappa shape index (κ3) is 4.63. The van der Waals surface area contributed by atoms with Gasteiger partial charge in [-0.2, -0.15) is 8.42 Å².